The van der Waals surface area contributed by atoms with Crippen LogP contribution in [0.15, 0.2) is 41.8 Å². The van der Waals surface area contributed by atoms with Gasteiger partial charge in [0, 0.05) is 11.3 Å². The second-order valence-corrected chi connectivity index (χ2v) is 6.68. The first-order valence-electron chi connectivity index (χ1n) is 7.67. The van der Waals surface area contributed by atoms with Crippen molar-refractivity contribution in [2.45, 2.75) is 31.8 Å². The molecule has 124 valence electrons. The molecule has 0 aliphatic heterocycles. The Bertz CT molecular complexity index is 606. The zero-order valence-corrected chi connectivity index (χ0v) is 14.4. The minimum Gasteiger partial charge on any atom is -0.497 e. The summed E-state index contributed by atoms with van der Waals surface area (Å²) in [6, 6.07) is 11.6. The predicted octanol–water partition coefficient (Wildman–Crippen LogP) is 3.10. The first-order valence-corrected chi connectivity index (χ1v) is 8.55. The molecule has 0 fully saturated rings. The van der Waals surface area contributed by atoms with Crippen molar-refractivity contribution in [3.05, 3.63) is 52.2 Å². The van der Waals surface area contributed by atoms with E-state index >= 15 is 0 Å². The van der Waals surface area contributed by atoms with E-state index in [1.165, 1.54) is 16.9 Å². The number of hydrogen-bond donors (Lipinski definition) is 2. The van der Waals surface area contributed by atoms with E-state index in [9.17, 15) is 9.90 Å². The number of aryl methyl sites for hydroxylation is 1. The smallest absolute Gasteiger partial charge is 0.220 e. The van der Waals surface area contributed by atoms with Crippen molar-refractivity contribution in [1.29, 1.82) is 0 Å². The maximum Gasteiger partial charge on any atom is 0.220 e. The number of nitrogens with one attached hydrogen (secondary N) is 1. The number of ether oxygens (including phenoxy) is 1. The van der Waals surface area contributed by atoms with Crippen LogP contribution in [0, 0.1) is 0 Å². The zero-order valence-electron chi connectivity index (χ0n) is 13.5. The maximum absolute atomic E-state index is 11.9. The van der Waals surface area contributed by atoms with Gasteiger partial charge in [0.1, 0.15) is 11.4 Å². The molecule has 0 spiro atoms. The third kappa shape index (κ3) is 5.37. The van der Waals surface area contributed by atoms with Gasteiger partial charge in [-0.2, -0.15) is 0 Å². The summed E-state index contributed by atoms with van der Waals surface area (Å²) in [5.41, 5.74) is 0.170. The summed E-state index contributed by atoms with van der Waals surface area (Å²) in [5.74, 6) is 0.803. The highest BCUT2D eigenvalue weighted by atomic mass is 32.1. The maximum atomic E-state index is 11.9. The van der Waals surface area contributed by atoms with Gasteiger partial charge in [0.05, 0.1) is 13.7 Å². The largest absolute Gasteiger partial charge is 0.497 e. The van der Waals surface area contributed by atoms with E-state index in [0.717, 1.165) is 23.5 Å². The van der Waals surface area contributed by atoms with Crippen LogP contribution >= 0.6 is 11.3 Å². The number of rotatable bonds is 8. The minimum absolute atomic E-state index is 0.0321. The monoisotopic (exact) mass is 333 g/mol. The van der Waals surface area contributed by atoms with Gasteiger partial charge in [-0.05, 0) is 48.9 Å². The normalized spacial score (nSPS) is 13.3. The highest BCUT2D eigenvalue weighted by Crippen LogP contribution is 2.24. The fourth-order valence-electron chi connectivity index (χ4n) is 2.28. The molecule has 2 N–H and O–H groups in total. The second kappa shape index (κ2) is 8.13. The fourth-order valence-corrected chi connectivity index (χ4v) is 3.06. The molecule has 1 aromatic heterocycles. The van der Waals surface area contributed by atoms with Crippen LogP contribution in [-0.4, -0.2) is 24.7 Å². The lowest BCUT2D eigenvalue weighted by Crippen LogP contribution is -2.38. The summed E-state index contributed by atoms with van der Waals surface area (Å²) in [5, 5.41) is 15.1. The predicted molar refractivity (Wildman–Crippen MR) is 92.8 cm³/mol. The van der Waals surface area contributed by atoms with Crippen molar-refractivity contribution in [1.82, 2.24) is 5.32 Å². The summed E-state index contributed by atoms with van der Waals surface area (Å²) in [7, 11) is 1.64. The first kappa shape index (κ1) is 17.5. The molecule has 0 aliphatic carbocycles. The van der Waals surface area contributed by atoms with E-state index in [2.05, 4.69) is 5.32 Å². The van der Waals surface area contributed by atoms with Crippen LogP contribution in [0.3, 0.4) is 0 Å². The summed E-state index contributed by atoms with van der Waals surface area (Å²) in [6.45, 7) is 1.95. The minimum atomic E-state index is -1.01. The summed E-state index contributed by atoms with van der Waals surface area (Å²) in [6.07, 6.45) is 2.07. The first-order chi connectivity index (χ1) is 11.0. The van der Waals surface area contributed by atoms with Gasteiger partial charge in [-0.3, -0.25) is 4.79 Å². The zero-order chi connectivity index (χ0) is 16.7. The summed E-state index contributed by atoms with van der Waals surface area (Å²) < 4.78 is 5.12. The third-order valence-corrected chi connectivity index (χ3v) is 4.83. The second-order valence-electron chi connectivity index (χ2n) is 5.73. The number of methoxy groups -OCH3 is 1. The van der Waals surface area contributed by atoms with Crippen molar-refractivity contribution >= 4 is 17.2 Å². The van der Waals surface area contributed by atoms with Crippen LogP contribution < -0.4 is 10.1 Å². The molecule has 1 unspecified atom stereocenters. The van der Waals surface area contributed by atoms with Gasteiger partial charge < -0.3 is 15.2 Å². The molecule has 23 heavy (non-hydrogen) atoms. The molecule has 5 heteroatoms. The lowest BCUT2D eigenvalue weighted by atomic mass is 10.0. The van der Waals surface area contributed by atoms with Gasteiger partial charge >= 0.3 is 0 Å². The number of hydrogen-bond acceptors (Lipinski definition) is 4. The molecule has 2 aromatic rings. The molecule has 4 nitrogen and oxygen atoms in total. The Morgan fingerprint density at radius 1 is 1.30 bits per heavy atom. The van der Waals surface area contributed by atoms with E-state index < -0.39 is 5.60 Å². The van der Waals surface area contributed by atoms with E-state index in [1.54, 1.807) is 14.0 Å². The molecule has 0 aliphatic rings. The van der Waals surface area contributed by atoms with Crippen LogP contribution in [0.25, 0.3) is 0 Å². The van der Waals surface area contributed by atoms with Gasteiger partial charge in [-0.25, -0.2) is 0 Å². The van der Waals surface area contributed by atoms with Crippen molar-refractivity contribution < 1.29 is 14.6 Å². The highest BCUT2D eigenvalue weighted by Gasteiger charge is 2.24. The van der Waals surface area contributed by atoms with Gasteiger partial charge in [-0.15, -0.1) is 11.3 Å². The van der Waals surface area contributed by atoms with Crippen molar-refractivity contribution in [3.63, 3.8) is 0 Å². The van der Waals surface area contributed by atoms with Crippen molar-refractivity contribution in [2.75, 3.05) is 13.7 Å². The van der Waals surface area contributed by atoms with E-state index in [1.807, 2.05) is 41.8 Å². The van der Waals surface area contributed by atoms with Crippen LogP contribution in [0.2, 0.25) is 0 Å². The van der Waals surface area contributed by atoms with Crippen LogP contribution in [0.4, 0.5) is 0 Å². The number of carbonyl (C=O) groups excluding carboxylic acids is 1. The standard InChI is InChI=1S/C18H23NO3S/c1-18(21,16-6-4-12-23-16)13-19-17(20)7-3-5-14-8-10-15(22-2)11-9-14/h4,6,8-12,21H,3,5,7,13H2,1-2H3,(H,19,20). The number of thiophene rings is 1. The van der Waals surface area contributed by atoms with Gasteiger partial charge in [0.2, 0.25) is 5.91 Å². The molecule has 1 heterocycles. The van der Waals surface area contributed by atoms with E-state index in [4.69, 9.17) is 4.74 Å². The third-order valence-electron chi connectivity index (χ3n) is 3.71. The Morgan fingerprint density at radius 3 is 2.65 bits per heavy atom. The van der Waals surface area contributed by atoms with Crippen LogP contribution in [-0.2, 0) is 16.8 Å². The molecule has 1 amide bonds. The van der Waals surface area contributed by atoms with E-state index in [0.29, 0.717) is 6.42 Å². The molecule has 0 radical (unpaired) electrons. The topological polar surface area (TPSA) is 58.6 Å². The average Bonchev–Trinajstić information content (AvgIpc) is 3.09. The highest BCUT2D eigenvalue weighted by molar-refractivity contribution is 7.10. The molecule has 0 bridgehead atoms. The Hall–Kier alpha value is -1.85. The summed E-state index contributed by atoms with van der Waals surface area (Å²) in [4.78, 5) is 12.8. The van der Waals surface area contributed by atoms with Crippen molar-refractivity contribution in [3.8, 4) is 5.75 Å². The van der Waals surface area contributed by atoms with E-state index in [-0.39, 0.29) is 12.5 Å². The Labute approximate surface area is 141 Å². The van der Waals surface area contributed by atoms with Gasteiger partial charge in [-0.1, -0.05) is 18.2 Å². The van der Waals surface area contributed by atoms with Gasteiger partial charge in [0.25, 0.3) is 0 Å². The molecule has 0 saturated carbocycles. The lowest BCUT2D eigenvalue weighted by Gasteiger charge is -2.22. The fraction of sp³-hybridized carbons (Fsp3) is 0.389. The van der Waals surface area contributed by atoms with Crippen LogP contribution in [0.5, 0.6) is 5.75 Å². The number of benzene rings is 1. The Balaban J connectivity index is 1.70. The number of aliphatic hydroxyl groups is 1. The quantitative estimate of drug-likeness (QED) is 0.780. The summed E-state index contributed by atoms with van der Waals surface area (Å²) >= 11 is 1.49. The Morgan fingerprint density at radius 2 is 2.04 bits per heavy atom. The number of amides is 1. The van der Waals surface area contributed by atoms with Gasteiger partial charge in [0.15, 0.2) is 0 Å². The lowest BCUT2D eigenvalue weighted by molar-refractivity contribution is -0.122. The molecular weight excluding hydrogens is 310 g/mol. The number of carbonyl (C=O) groups is 1. The van der Waals surface area contributed by atoms with Crippen molar-refractivity contribution in [2.24, 2.45) is 0 Å². The molecule has 2 rings (SSSR count). The SMILES string of the molecule is COc1ccc(CCCC(=O)NCC(C)(O)c2cccs2)cc1. The molecule has 0 saturated heterocycles. The van der Waals surface area contributed by atoms with Crippen LogP contribution in [0.1, 0.15) is 30.2 Å². The Kier molecular flexibility index (Phi) is 6.19. The molecule has 1 aromatic carbocycles. The molecular formula is C18H23NO3S. The molecule has 1 atom stereocenters. The average molecular weight is 333 g/mol.